The Hall–Kier alpha value is -0.0800. The molecule has 0 radical (unpaired) electrons. The molecule has 1 heterocycles. The number of fused-ring (bicyclic) bond motifs is 1. The Kier molecular flexibility index (Phi) is 1.46. The maximum Gasteiger partial charge on any atom is 0.0360 e. The molecule has 2 rings (SSSR count). The normalized spacial score (nSPS) is 15.2. The van der Waals surface area contributed by atoms with E-state index >= 15 is 0 Å². The lowest BCUT2D eigenvalue weighted by molar-refractivity contribution is 1.39. The molecule has 2 heteroatoms. The molecule has 1 aliphatic rings. The van der Waals surface area contributed by atoms with E-state index in [2.05, 4.69) is 34.3 Å². The third-order valence-electron chi connectivity index (χ3n) is 1.81. The molecular weight excluding hydrogens is 208 g/mol. The fourth-order valence-corrected chi connectivity index (χ4v) is 3.18. The van der Waals surface area contributed by atoms with Gasteiger partial charge >= 0.3 is 0 Å². The van der Waals surface area contributed by atoms with Crippen molar-refractivity contribution in [3.63, 3.8) is 0 Å². The van der Waals surface area contributed by atoms with Gasteiger partial charge < -0.3 is 0 Å². The molecule has 0 nitrogen and oxygen atoms in total. The van der Waals surface area contributed by atoms with Crippen molar-refractivity contribution in [3.05, 3.63) is 26.4 Å². The highest BCUT2D eigenvalue weighted by molar-refractivity contribution is 9.10. The van der Waals surface area contributed by atoms with Crippen LogP contribution in [-0.4, -0.2) is 0 Å². The Balaban J connectivity index is 2.66. The van der Waals surface area contributed by atoms with Crippen molar-refractivity contribution in [1.82, 2.24) is 0 Å². The maximum absolute atomic E-state index is 3.53. The molecule has 0 unspecified atom stereocenters. The van der Waals surface area contributed by atoms with Gasteiger partial charge in [-0.2, -0.15) is 0 Å². The van der Waals surface area contributed by atoms with Gasteiger partial charge in [-0.25, -0.2) is 0 Å². The zero-order valence-electron chi connectivity index (χ0n) is 5.65. The van der Waals surface area contributed by atoms with Crippen molar-refractivity contribution in [2.75, 3.05) is 0 Å². The first-order valence-corrected chi connectivity index (χ1v) is 4.89. The zero-order chi connectivity index (χ0) is 7.14. The van der Waals surface area contributed by atoms with Crippen molar-refractivity contribution in [3.8, 4) is 0 Å². The van der Waals surface area contributed by atoms with Gasteiger partial charge in [0.05, 0.1) is 0 Å². The van der Waals surface area contributed by atoms with Crippen LogP contribution in [0.25, 0.3) is 5.57 Å². The Morgan fingerprint density at radius 1 is 1.60 bits per heavy atom. The Labute approximate surface area is 72.7 Å². The van der Waals surface area contributed by atoms with Crippen molar-refractivity contribution >= 4 is 32.8 Å². The molecule has 1 aromatic heterocycles. The quantitative estimate of drug-likeness (QED) is 0.621. The minimum absolute atomic E-state index is 1.14. The molecule has 0 fully saturated rings. The van der Waals surface area contributed by atoms with E-state index in [1.54, 1.807) is 0 Å². The van der Waals surface area contributed by atoms with Crippen LogP contribution < -0.4 is 0 Å². The summed E-state index contributed by atoms with van der Waals surface area (Å²) < 4.78 is 1.26. The molecule has 0 aromatic carbocycles. The van der Waals surface area contributed by atoms with Crippen LogP contribution in [0, 0.1) is 0 Å². The second-order valence-corrected chi connectivity index (χ2v) is 4.29. The Bertz CT molecular complexity index is 296. The lowest BCUT2D eigenvalue weighted by atomic mass is 10.2. The van der Waals surface area contributed by atoms with Crippen LogP contribution in [0.3, 0.4) is 0 Å². The van der Waals surface area contributed by atoms with E-state index in [0.29, 0.717) is 0 Å². The first kappa shape index (κ1) is 6.62. The van der Waals surface area contributed by atoms with Gasteiger partial charge in [-0.15, -0.1) is 11.3 Å². The van der Waals surface area contributed by atoms with Crippen molar-refractivity contribution < 1.29 is 0 Å². The van der Waals surface area contributed by atoms with E-state index in [-0.39, 0.29) is 0 Å². The Morgan fingerprint density at radius 3 is 3.10 bits per heavy atom. The summed E-state index contributed by atoms with van der Waals surface area (Å²) in [4.78, 5) is 1.50. The summed E-state index contributed by atoms with van der Waals surface area (Å²) in [6, 6.07) is 0. The van der Waals surface area contributed by atoms with Crippen LogP contribution in [0.15, 0.2) is 15.9 Å². The van der Waals surface area contributed by atoms with E-state index in [4.69, 9.17) is 0 Å². The lowest BCUT2D eigenvalue weighted by Gasteiger charge is -1.92. The van der Waals surface area contributed by atoms with Gasteiger partial charge in [0.2, 0.25) is 0 Å². The molecule has 0 bridgehead atoms. The van der Waals surface area contributed by atoms with Gasteiger partial charge in [0, 0.05) is 26.7 Å². The van der Waals surface area contributed by atoms with Crippen LogP contribution in [0.1, 0.15) is 17.4 Å². The van der Waals surface area contributed by atoms with Gasteiger partial charge in [-0.05, 0) is 28.4 Å². The maximum atomic E-state index is 3.53. The molecule has 0 aliphatic heterocycles. The molecule has 10 heavy (non-hydrogen) atoms. The topological polar surface area (TPSA) is 0 Å². The number of thiophene rings is 1. The second kappa shape index (κ2) is 2.21. The molecule has 0 saturated carbocycles. The van der Waals surface area contributed by atoms with Crippen LogP contribution in [0.5, 0.6) is 0 Å². The van der Waals surface area contributed by atoms with Gasteiger partial charge in [0.25, 0.3) is 0 Å². The fraction of sp³-hybridized carbons (Fsp3) is 0.250. The standard InChI is InChI=1S/C8H7BrS/c1-5-2-3-7-8(5)6(9)4-10-7/h2,4H,3H2,1H3. The Morgan fingerprint density at radius 2 is 2.40 bits per heavy atom. The van der Waals surface area contributed by atoms with Gasteiger partial charge in [-0.3, -0.25) is 0 Å². The van der Waals surface area contributed by atoms with E-state index in [0.717, 1.165) is 6.42 Å². The summed E-state index contributed by atoms with van der Waals surface area (Å²) in [6.45, 7) is 2.17. The second-order valence-electron chi connectivity index (χ2n) is 2.47. The number of hydrogen-bond donors (Lipinski definition) is 0. The fourth-order valence-electron chi connectivity index (χ4n) is 1.28. The predicted octanol–water partition coefficient (Wildman–Crippen LogP) is 3.47. The highest BCUT2D eigenvalue weighted by atomic mass is 79.9. The summed E-state index contributed by atoms with van der Waals surface area (Å²) in [7, 11) is 0. The molecular formula is C8H7BrS. The molecule has 0 amide bonds. The molecule has 0 saturated heterocycles. The number of rotatable bonds is 0. The summed E-state index contributed by atoms with van der Waals surface area (Å²) in [5.41, 5.74) is 2.85. The van der Waals surface area contributed by atoms with Crippen LogP contribution in [0.4, 0.5) is 0 Å². The van der Waals surface area contributed by atoms with Crippen LogP contribution >= 0.6 is 27.3 Å². The lowest BCUT2D eigenvalue weighted by Crippen LogP contribution is -1.72. The summed E-state index contributed by atoms with van der Waals surface area (Å²) in [6.07, 6.45) is 3.42. The van der Waals surface area contributed by atoms with E-state index in [1.807, 2.05) is 11.3 Å². The van der Waals surface area contributed by atoms with E-state index < -0.39 is 0 Å². The van der Waals surface area contributed by atoms with E-state index in [9.17, 15) is 0 Å². The van der Waals surface area contributed by atoms with Gasteiger partial charge in [0.1, 0.15) is 0 Å². The zero-order valence-corrected chi connectivity index (χ0v) is 8.05. The summed E-state index contributed by atoms with van der Waals surface area (Å²) in [5, 5.41) is 2.17. The third-order valence-corrected chi connectivity index (χ3v) is 3.75. The summed E-state index contributed by atoms with van der Waals surface area (Å²) >= 11 is 5.37. The largest absolute Gasteiger partial charge is 0.147 e. The minimum atomic E-state index is 1.14. The first-order valence-electron chi connectivity index (χ1n) is 3.22. The molecule has 0 atom stereocenters. The van der Waals surface area contributed by atoms with Gasteiger partial charge in [-0.1, -0.05) is 6.08 Å². The molecule has 0 N–H and O–H groups in total. The molecule has 0 spiro atoms. The predicted molar refractivity (Wildman–Crippen MR) is 49.4 cm³/mol. The summed E-state index contributed by atoms with van der Waals surface area (Å²) in [5.74, 6) is 0. The van der Waals surface area contributed by atoms with Crippen LogP contribution in [0.2, 0.25) is 0 Å². The monoisotopic (exact) mass is 214 g/mol. The number of hydrogen-bond acceptors (Lipinski definition) is 1. The molecule has 1 aromatic rings. The minimum Gasteiger partial charge on any atom is -0.147 e. The highest BCUT2D eigenvalue weighted by Crippen LogP contribution is 2.37. The molecule has 1 aliphatic carbocycles. The van der Waals surface area contributed by atoms with Gasteiger partial charge in [0.15, 0.2) is 0 Å². The van der Waals surface area contributed by atoms with E-state index in [1.165, 1.54) is 20.5 Å². The van der Waals surface area contributed by atoms with Crippen LogP contribution in [-0.2, 0) is 6.42 Å². The third kappa shape index (κ3) is 0.789. The van der Waals surface area contributed by atoms with Crippen molar-refractivity contribution in [1.29, 1.82) is 0 Å². The SMILES string of the molecule is CC1=CCc2scc(Br)c21. The first-order chi connectivity index (χ1) is 4.79. The molecule has 52 valence electrons. The smallest absolute Gasteiger partial charge is 0.0360 e. The van der Waals surface area contributed by atoms with Crippen molar-refractivity contribution in [2.45, 2.75) is 13.3 Å². The van der Waals surface area contributed by atoms with Crippen molar-refractivity contribution in [2.24, 2.45) is 0 Å². The average Bonchev–Trinajstić information content (AvgIpc) is 2.40. The number of halogens is 1. The highest BCUT2D eigenvalue weighted by Gasteiger charge is 2.14. The average molecular weight is 215 g/mol. The number of allylic oxidation sites excluding steroid dienone is 2.